The summed E-state index contributed by atoms with van der Waals surface area (Å²) in [5.74, 6) is -1.03. The van der Waals surface area contributed by atoms with Gasteiger partial charge in [0.25, 0.3) is 0 Å². The fraction of sp³-hybridized carbons (Fsp3) is 0. The fourth-order valence-corrected chi connectivity index (χ4v) is 2.29. The minimum atomic E-state index is -0.565. The van der Waals surface area contributed by atoms with E-state index in [1.54, 1.807) is 18.2 Å². The second-order valence-corrected chi connectivity index (χ2v) is 4.65. The molecule has 3 nitrogen and oxygen atoms in total. The first-order valence-electron chi connectivity index (χ1n) is 5.54. The Balaban J connectivity index is 1.98. The van der Waals surface area contributed by atoms with Gasteiger partial charge in [0.2, 0.25) is 5.90 Å². The molecule has 1 aromatic heterocycles. The van der Waals surface area contributed by atoms with Crippen LogP contribution in [0.4, 0.5) is 4.39 Å². The number of rotatable bonds is 2. The highest BCUT2D eigenvalue weighted by molar-refractivity contribution is 7.08. The van der Waals surface area contributed by atoms with E-state index < -0.39 is 11.8 Å². The van der Waals surface area contributed by atoms with Gasteiger partial charge in [-0.15, -0.1) is 0 Å². The molecule has 0 fully saturated rings. The molecule has 0 radical (unpaired) electrons. The molecule has 0 N–H and O–H groups in total. The maximum Gasteiger partial charge on any atom is 0.363 e. The van der Waals surface area contributed by atoms with E-state index in [1.165, 1.54) is 23.5 Å². The lowest BCUT2D eigenvalue weighted by Crippen LogP contribution is -2.07. The first-order chi connectivity index (χ1) is 9.24. The van der Waals surface area contributed by atoms with Gasteiger partial charge in [-0.2, -0.15) is 11.3 Å². The van der Waals surface area contributed by atoms with Crippen molar-refractivity contribution in [2.24, 2.45) is 4.99 Å². The molecule has 5 heteroatoms. The molecular weight excluding hydrogens is 265 g/mol. The monoisotopic (exact) mass is 273 g/mol. The average molecular weight is 273 g/mol. The zero-order valence-electron chi connectivity index (χ0n) is 9.67. The third-order valence-corrected chi connectivity index (χ3v) is 3.27. The number of hydrogen-bond acceptors (Lipinski definition) is 4. The number of esters is 1. The summed E-state index contributed by atoms with van der Waals surface area (Å²) in [6.07, 6.45) is 1.62. The Kier molecular flexibility index (Phi) is 2.97. The molecule has 94 valence electrons. The van der Waals surface area contributed by atoms with Crippen LogP contribution in [0.1, 0.15) is 11.1 Å². The van der Waals surface area contributed by atoms with Gasteiger partial charge < -0.3 is 4.74 Å². The normalized spacial score (nSPS) is 16.6. The maximum absolute atomic E-state index is 13.6. The highest BCUT2D eigenvalue weighted by Crippen LogP contribution is 2.21. The summed E-state index contributed by atoms with van der Waals surface area (Å²) >= 11 is 1.52. The number of aliphatic imine (C=N–C) groups is 1. The second kappa shape index (κ2) is 4.78. The molecule has 1 aliphatic rings. The SMILES string of the molecule is O=C1OC(c2ccccc2F)=N/C1=C\c1ccsc1. The van der Waals surface area contributed by atoms with E-state index in [0.29, 0.717) is 0 Å². The van der Waals surface area contributed by atoms with E-state index in [0.717, 1.165) is 5.56 Å². The lowest BCUT2D eigenvalue weighted by atomic mass is 10.2. The number of hydrogen-bond donors (Lipinski definition) is 0. The Bertz CT molecular complexity index is 689. The van der Waals surface area contributed by atoms with Crippen LogP contribution in [0.25, 0.3) is 6.08 Å². The Morgan fingerprint density at radius 1 is 1.26 bits per heavy atom. The predicted octanol–water partition coefficient (Wildman–Crippen LogP) is 3.23. The molecule has 0 unspecified atom stereocenters. The average Bonchev–Trinajstić information content (AvgIpc) is 3.02. The summed E-state index contributed by atoms with van der Waals surface area (Å²) in [5.41, 5.74) is 1.23. The number of carbonyl (C=O) groups is 1. The van der Waals surface area contributed by atoms with Crippen LogP contribution in [0.2, 0.25) is 0 Å². The number of cyclic esters (lactones) is 1. The molecular formula is C14H8FNO2S. The van der Waals surface area contributed by atoms with Crippen LogP contribution in [-0.2, 0) is 9.53 Å². The summed E-state index contributed by atoms with van der Waals surface area (Å²) < 4.78 is 18.6. The van der Waals surface area contributed by atoms with Crippen molar-refractivity contribution in [3.8, 4) is 0 Å². The van der Waals surface area contributed by atoms with Crippen LogP contribution in [0.3, 0.4) is 0 Å². The van der Waals surface area contributed by atoms with Gasteiger partial charge in [0, 0.05) is 0 Å². The van der Waals surface area contributed by atoms with Crippen LogP contribution in [-0.4, -0.2) is 11.9 Å². The molecule has 0 spiro atoms. The van der Waals surface area contributed by atoms with Crippen molar-refractivity contribution in [1.29, 1.82) is 0 Å². The first-order valence-corrected chi connectivity index (χ1v) is 6.48. The Morgan fingerprint density at radius 2 is 2.11 bits per heavy atom. The van der Waals surface area contributed by atoms with Gasteiger partial charge in [0.05, 0.1) is 5.56 Å². The van der Waals surface area contributed by atoms with Gasteiger partial charge >= 0.3 is 5.97 Å². The van der Waals surface area contributed by atoms with Crippen LogP contribution < -0.4 is 0 Å². The summed E-state index contributed by atoms with van der Waals surface area (Å²) in [6.45, 7) is 0. The maximum atomic E-state index is 13.6. The largest absolute Gasteiger partial charge is 0.402 e. The minimum Gasteiger partial charge on any atom is -0.402 e. The van der Waals surface area contributed by atoms with Crippen LogP contribution in [0.15, 0.2) is 51.8 Å². The summed E-state index contributed by atoms with van der Waals surface area (Å²) in [4.78, 5) is 15.7. The van der Waals surface area contributed by atoms with Gasteiger partial charge in [-0.3, -0.25) is 0 Å². The van der Waals surface area contributed by atoms with E-state index in [1.807, 2.05) is 16.8 Å². The van der Waals surface area contributed by atoms with E-state index in [2.05, 4.69) is 4.99 Å². The number of halogens is 1. The van der Waals surface area contributed by atoms with Crippen LogP contribution >= 0.6 is 11.3 Å². The van der Waals surface area contributed by atoms with Crippen LogP contribution in [0.5, 0.6) is 0 Å². The number of thiophene rings is 1. The molecule has 1 aliphatic heterocycles. The topological polar surface area (TPSA) is 38.7 Å². The molecule has 0 amide bonds. The Labute approximate surface area is 112 Å². The van der Waals surface area contributed by atoms with Gasteiger partial charge in [-0.1, -0.05) is 12.1 Å². The molecule has 2 heterocycles. The summed E-state index contributed by atoms with van der Waals surface area (Å²) in [5, 5.41) is 3.78. The van der Waals surface area contributed by atoms with Gasteiger partial charge in [0.1, 0.15) is 5.82 Å². The molecule has 0 bridgehead atoms. The zero-order chi connectivity index (χ0) is 13.2. The van der Waals surface area contributed by atoms with Crippen molar-refractivity contribution in [3.05, 3.63) is 63.7 Å². The predicted molar refractivity (Wildman–Crippen MR) is 71.3 cm³/mol. The van der Waals surface area contributed by atoms with Gasteiger partial charge in [0.15, 0.2) is 5.70 Å². The molecule has 1 aromatic carbocycles. The number of nitrogens with zero attached hydrogens (tertiary/aromatic N) is 1. The van der Waals surface area contributed by atoms with E-state index in [4.69, 9.17) is 4.74 Å². The second-order valence-electron chi connectivity index (χ2n) is 3.87. The smallest absolute Gasteiger partial charge is 0.363 e. The third-order valence-electron chi connectivity index (χ3n) is 2.57. The van der Waals surface area contributed by atoms with Crippen molar-refractivity contribution >= 4 is 29.3 Å². The van der Waals surface area contributed by atoms with Crippen molar-refractivity contribution < 1.29 is 13.9 Å². The van der Waals surface area contributed by atoms with Gasteiger partial charge in [-0.05, 0) is 40.6 Å². The highest BCUT2D eigenvalue weighted by Gasteiger charge is 2.25. The van der Waals surface area contributed by atoms with Crippen LogP contribution in [0, 0.1) is 5.82 Å². The first kappa shape index (κ1) is 11.8. The summed E-state index contributed by atoms with van der Waals surface area (Å²) in [6, 6.07) is 7.91. The van der Waals surface area contributed by atoms with E-state index in [9.17, 15) is 9.18 Å². The minimum absolute atomic E-state index is 0.00424. The van der Waals surface area contributed by atoms with Crippen molar-refractivity contribution in [2.75, 3.05) is 0 Å². The Hall–Kier alpha value is -2.27. The van der Waals surface area contributed by atoms with Crippen molar-refractivity contribution in [1.82, 2.24) is 0 Å². The summed E-state index contributed by atoms with van der Waals surface area (Å²) in [7, 11) is 0. The lowest BCUT2D eigenvalue weighted by Gasteiger charge is -1.99. The lowest BCUT2D eigenvalue weighted by molar-refractivity contribution is -0.129. The van der Waals surface area contributed by atoms with Gasteiger partial charge in [-0.25, -0.2) is 14.2 Å². The molecule has 0 aliphatic carbocycles. The molecule has 0 saturated carbocycles. The number of benzene rings is 1. The fourth-order valence-electron chi connectivity index (χ4n) is 1.67. The zero-order valence-corrected chi connectivity index (χ0v) is 10.5. The number of carbonyl (C=O) groups excluding carboxylic acids is 1. The highest BCUT2D eigenvalue weighted by atomic mass is 32.1. The van der Waals surface area contributed by atoms with E-state index >= 15 is 0 Å². The molecule has 19 heavy (non-hydrogen) atoms. The number of ether oxygens (including phenoxy) is 1. The molecule has 3 rings (SSSR count). The molecule has 0 saturated heterocycles. The quantitative estimate of drug-likeness (QED) is 0.622. The standard InChI is InChI=1S/C14H8FNO2S/c15-11-4-2-1-3-10(11)13-16-12(14(17)18-13)7-9-5-6-19-8-9/h1-8H/b12-7-. The molecule has 0 atom stereocenters. The van der Waals surface area contributed by atoms with Crippen molar-refractivity contribution in [2.45, 2.75) is 0 Å². The van der Waals surface area contributed by atoms with E-state index in [-0.39, 0.29) is 17.2 Å². The molecule has 2 aromatic rings. The third kappa shape index (κ3) is 2.32. The van der Waals surface area contributed by atoms with Crippen molar-refractivity contribution in [3.63, 3.8) is 0 Å². The Morgan fingerprint density at radius 3 is 2.84 bits per heavy atom.